The van der Waals surface area contributed by atoms with E-state index in [1.807, 2.05) is 48.5 Å². The van der Waals surface area contributed by atoms with E-state index in [0.29, 0.717) is 24.3 Å². The van der Waals surface area contributed by atoms with E-state index in [-0.39, 0.29) is 23.9 Å². The number of halogens is 1. The van der Waals surface area contributed by atoms with Crippen LogP contribution >= 0.6 is 15.9 Å². The summed E-state index contributed by atoms with van der Waals surface area (Å²) in [6.07, 6.45) is 1.58. The molecule has 0 atom stereocenters. The van der Waals surface area contributed by atoms with E-state index >= 15 is 0 Å². The lowest BCUT2D eigenvalue weighted by Gasteiger charge is -2.34. The van der Waals surface area contributed by atoms with Gasteiger partial charge in [-0.1, -0.05) is 40.2 Å². The zero-order chi connectivity index (χ0) is 25.3. The van der Waals surface area contributed by atoms with Gasteiger partial charge in [0.05, 0.1) is 4.90 Å². The summed E-state index contributed by atoms with van der Waals surface area (Å²) < 4.78 is 28.9. The Bertz CT molecular complexity index is 1610. The predicted molar refractivity (Wildman–Crippen MR) is 141 cm³/mol. The van der Waals surface area contributed by atoms with E-state index in [1.54, 1.807) is 41.4 Å². The maximum absolute atomic E-state index is 13.3. The van der Waals surface area contributed by atoms with Gasteiger partial charge in [0, 0.05) is 42.4 Å². The average Bonchev–Trinajstić information content (AvgIpc) is 2.92. The first-order valence-electron chi connectivity index (χ1n) is 11.3. The Balaban J connectivity index is 1.26. The Kier molecular flexibility index (Phi) is 6.58. The molecule has 3 aromatic carbocycles. The number of benzene rings is 3. The minimum absolute atomic E-state index is 0.137. The van der Waals surface area contributed by atoms with E-state index in [4.69, 9.17) is 5.26 Å². The molecule has 180 valence electrons. The van der Waals surface area contributed by atoms with Gasteiger partial charge in [-0.3, -0.25) is 4.79 Å². The summed E-state index contributed by atoms with van der Waals surface area (Å²) in [7, 11) is -3.66. The van der Waals surface area contributed by atoms with E-state index in [2.05, 4.69) is 20.9 Å². The molecule has 1 aromatic heterocycles. The Hall–Kier alpha value is -3.58. The van der Waals surface area contributed by atoms with E-state index in [9.17, 15) is 13.2 Å². The second kappa shape index (κ2) is 9.82. The molecule has 1 saturated heterocycles. The van der Waals surface area contributed by atoms with Crippen LogP contribution < -0.4 is 0 Å². The van der Waals surface area contributed by atoms with Crippen molar-refractivity contribution in [1.29, 1.82) is 5.26 Å². The largest absolute Gasteiger partial charge is 0.336 e. The first-order valence-corrected chi connectivity index (χ1v) is 13.5. The van der Waals surface area contributed by atoms with Gasteiger partial charge in [-0.25, -0.2) is 13.4 Å². The number of sulfonamides is 1. The molecule has 0 N–H and O–H groups in total. The SMILES string of the molecule is N#Cc1cc(-c2ccc(C(=O)N3CCN(S(=O)(=O)c4ccc5cc(Br)ccc5c4)CC3)cc2)ccn1. The molecule has 7 nitrogen and oxygen atoms in total. The van der Waals surface area contributed by atoms with E-state index < -0.39 is 10.0 Å². The third-order valence-corrected chi connectivity index (χ3v) is 8.66. The monoisotopic (exact) mass is 560 g/mol. The molecule has 2 heterocycles. The lowest BCUT2D eigenvalue weighted by Crippen LogP contribution is -2.50. The van der Waals surface area contributed by atoms with Crippen molar-refractivity contribution in [2.75, 3.05) is 26.2 Å². The zero-order valence-corrected chi connectivity index (χ0v) is 21.5. The number of hydrogen-bond donors (Lipinski definition) is 0. The number of carbonyl (C=O) groups is 1. The van der Waals surface area contributed by atoms with Gasteiger partial charge >= 0.3 is 0 Å². The summed E-state index contributed by atoms with van der Waals surface area (Å²) in [4.78, 5) is 19.0. The van der Waals surface area contributed by atoms with Crippen molar-refractivity contribution in [3.8, 4) is 17.2 Å². The van der Waals surface area contributed by atoms with Gasteiger partial charge in [0.25, 0.3) is 5.91 Å². The number of piperazine rings is 1. The maximum Gasteiger partial charge on any atom is 0.253 e. The van der Waals surface area contributed by atoms with Crippen molar-refractivity contribution in [1.82, 2.24) is 14.2 Å². The molecule has 1 amide bonds. The van der Waals surface area contributed by atoms with Crippen LogP contribution in [0.4, 0.5) is 0 Å². The highest BCUT2D eigenvalue weighted by atomic mass is 79.9. The van der Waals surface area contributed by atoms with Crippen molar-refractivity contribution in [2.24, 2.45) is 0 Å². The first-order chi connectivity index (χ1) is 17.3. The van der Waals surface area contributed by atoms with Crippen LogP contribution in [-0.2, 0) is 10.0 Å². The number of amides is 1. The molecule has 0 saturated carbocycles. The molecule has 1 aliphatic rings. The molecule has 9 heteroatoms. The smallest absolute Gasteiger partial charge is 0.253 e. The zero-order valence-electron chi connectivity index (χ0n) is 19.1. The lowest BCUT2D eigenvalue weighted by molar-refractivity contribution is 0.0698. The number of aromatic nitrogens is 1. The Morgan fingerprint density at radius 3 is 2.28 bits per heavy atom. The van der Waals surface area contributed by atoms with Crippen LogP contribution in [0.5, 0.6) is 0 Å². The summed E-state index contributed by atoms with van der Waals surface area (Å²) in [5, 5.41) is 10.9. The molecule has 5 rings (SSSR count). The number of fused-ring (bicyclic) bond motifs is 1. The average molecular weight is 561 g/mol. The van der Waals surface area contributed by atoms with Gasteiger partial charge < -0.3 is 4.90 Å². The second-order valence-electron chi connectivity index (χ2n) is 8.47. The minimum atomic E-state index is -3.66. The van der Waals surface area contributed by atoms with Crippen LogP contribution in [0.3, 0.4) is 0 Å². The standard InChI is InChI=1S/C27H21BrN4O3S/c28-24-7-5-22-17-26(8-6-21(22)15-24)36(34,35)32-13-11-31(12-14-32)27(33)20-3-1-19(2-4-20)23-9-10-30-25(16-23)18-29/h1-10,15-17H,11-14H2. The third kappa shape index (κ3) is 4.75. The Morgan fingerprint density at radius 1 is 0.861 bits per heavy atom. The first kappa shape index (κ1) is 24.1. The van der Waals surface area contributed by atoms with E-state index in [0.717, 1.165) is 26.4 Å². The number of hydrogen-bond acceptors (Lipinski definition) is 5. The van der Waals surface area contributed by atoms with Crippen molar-refractivity contribution >= 4 is 42.6 Å². The summed E-state index contributed by atoms with van der Waals surface area (Å²) in [5.41, 5.74) is 2.59. The number of carbonyl (C=O) groups excluding carboxylic acids is 1. The fourth-order valence-electron chi connectivity index (χ4n) is 4.29. The summed E-state index contributed by atoms with van der Waals surface area (Å²) >= 11 is 3.43. The number of nitriles is 1. The number of pyridine rings is 1. The summed E-state index contributed by atoms with van der Waals surface area (Å²) in [6, 6.07) is 23.6. The van der Waals surface area contributed by atoms with Crippen molar-refractivity contribution in [3.05, 3.63) is 94.7 Å². The summed E-state index contributed by atoms with van der Waals surface area (Å²) in [5.74, 6) is -0.137. The minimum Gasteiger partial charge on any atom is -0.336 e. The lowest BCUT2D eigenvalue weighted by atomic mass is 10.0. The molecule has 0 aliphatic carbocycles. The highest BCUT2D eigenvalue weighted by molar-refractivity contribution is 9.10. The normalized spacial score (nSPS) is 14.5. The summed E-state index contributed by atoms with van der Waals surface area (Å²) in [6.45, 7) is 1.10. The Labute approximate surface area is 217 Å². The fourth-order valence-corrected chi connectivity index (χ4v) is 6.13. The molecule has 0 bridgehead atoms. The fraction of sp³-hybridized carbons (Fsp3) is 0.148. The van der Waals surface area contributed by atoms with Crippen LogP contribution in [0.15, 0.2) is 88.4 Å². The van der Waals surface area contributed by atoms with Crippen molar-refractivity contribution in [2.45, 2.75) is 4.90 Å². The van der Waals surface area contributed by atoms with Crippen molar-refractivity contribution < 1.29 is 13.2 Å². The molecule has 0 unspecified atom stereocenters. The second-order valence-corrected chi connectivity index (χ2v) is 11.3. The Morgan fingerprint density at radius 2 is 1.56 bits per heavy atom. The number of rotatable bonds is 4. The van der Waals surface area contributed by atoms with Gasteiger partial charge in [0.1, 0.15) is 11.8 Å². The van der Waals surface area contributed by atoms with Gasteiger partial charge in [-0.2, -0.15) is 9.57 Å². The predicted octanol–water partition coefficient (Wildman–Crippen LogP) is 4.68. The molecular formula is C27H21BrN4O3S. The molecular weight excluding hydrogens is 540 g/mol. The topological polar surface area (TPSA) is 94.4 Å². The quantitative estimate of drug-likeness (QED) is 0.361. The van der Waals surface area contributed by atoms with Crippen LogP contribution in [-0.4, -0.2) is 54.7 Å². The number of nitrogens with zero attached hydrogens (tertiary/aromatic N) is 4. The highest BCUT2D eigenvalue weighted by Crippen LogP contribution is 2.26. The van der Waals surface area contributed by atoms with Gasteiger partial charge in [-0.05, 0) is 70.4 Å². The highest BCUT2D eigenvalue weighted by Gasteiger charge is 2.30. The molecule has 36 heavy (non-hydrogen) atoms. The van der Waals surface area contributed by atoms with Gasteiger partial charge in [0.2, 0.25) is 10.0 Å². The van der Waals surface area contributed by atoms with E-state index in [1.165, 1.54) is 4.31 Å². The van der Waals surface area contributed by atoms with Crippen LogP contribution in [0.25, 0.3) is 21.9 Å². The van der Waals surface area contributed by atoms with Gasteiger partial charge in [-0.15, -0.1) is 0 Å². The van der Waals surface area contributed by atoms with Crippen LogP contribution in [0.1, 0.15) is 16.1 Å². The van der Waals surface area contributed by atoms with Crippen LogP contribution in [0, 0.1) is 11.3 Å². The molecule has 1 aliphatic heterocycles. The van der Waals surface area contributed by atoms with Crippen molar-refractivity contribution in [3.63, 3.8) is 0 Å². The molecule has 0 radical (unpaired) electrons. The van der Waals surface area contributed by atoms with Gasteiger partial charge in [0.15, 0.2) is 0 Å². The third-order valence-electron chi connectivity index (χ3n) is 6.28. The van der Waals surface area contributed by atoms with Crippen LogP contribution in [0.2, 0.25) is 0 Å². The maximum atomic E-state index is 13.3. The molecule has 4 aromatic rings. The molecule has 0 spiro atoms. The molecule has 1 fully saturated rings.